The van der Waals surface area contributed by atoms with Crippen molar-refractivity contribution in [3.63, 3.8) is 0 Å². The predicted octanol–water partition coefficient (Wildman–Crippen LogP) is 2.96. The molecule has 0 fully saturated rings. The van der Waals surface area contributed by atoms with E-state index < -0.39 is 24.0 Å². The van der Waals surface area contributed by atoms with Crippen molar-refractivity contribution in [2.75, 3.05) is 26.5 Å². The van der Waals surface area contributed by atoms with Crippen LogP contribution in [0.2, 0.25) is 0 Å². The van der Waals surface area contributed by atoms with Gasteiger partial charge in [0.15, 0.2) is 12.2 Å². The summed E-state index contributed by atoms with van der Waals surface area (Å²) < 4.78 is 5.41. The second-order valence-corrected chi connectivity index (χ2v) is 10.4. The predicted molar refractivity (Wildman–Crippen MR) is 151 cm³/mol. The Morgan fingerprint density at radius 3 is 2.58 bits per heavy atom. The van der Waals surface area contributed by atoms with Gasteiger partial charge >= 0.3 is 0 Å². The molecule has 2 amide bonds. The van der Waals surface area contributed by atoms with Gasteiger partial charge in [-0.3, -0.25) is 14.6 Å². The van der Waals surface area contributed by atoms with E-state index in [1.807, 2.05) is 73.7 Å². The van der Waals surface area contributed by atoms with E-state index in [-0.39, 0.29) is 18.6 Å². The molecule has 1 aliphatic heterocycles. The van der Waals surface area contributed by atoms with Gasteiger partial charge in [-0.25, -0.2) is 0 Å². The number of aliphatic hydroxyl groups excluding tert-OH is 2. The lowest BCUT2D eigenvalue weighted by Crippen LogP contribution is -2.50. The monoisotopic (exact) mass is 535 g/mol. The van der Waals surface area contributed by atoms with Gasteiger partial charge in [0.1, 0.15) is 5.75 Å². The van der Waals surface area contributed by atoms with E-state index in [2.05, 4.69) is 10.3 Å². The molecule has 0 bridgehead atoms. The molecule has 1 unspecified atom stereocenters. The van der Waals surface area contributed by atoms with Crippen LogP contribution in [0.15, 0.2) is 71.7 Å². The van der Waals surface area contributed by atoms with Crippen LogP contribution >= 0.6 is 11.8 Å². The zero-order valence-electron chi connectivity index (χ0n) is 21.7. The van der Waals surface area contributed by atoms with Crippen molar-refractivity contribution in [1.29, 1.82) is 0 Å². The van der Waals surface area contributed by atoms with Gasteiger partial charge < -0.3 is 25.2 Å². The zero-order chi connectivity index (χ0) is 27.2. The number of methoxy groups -OCH3 is 1. The number of carbonyl (C=O) groups is 2. The second-order valence-electron chi connectivity index (χ2n) is 9.30. The number of likely N-dealkylation sites (N-methyl/N-ethyl adjacent to an activating group) is 1. The highest BCUT2D eigenvalue weighted by molar-refractivity contribution is 8.14. The molecule has 1 heterocycles. The smallest absolute Gasteiger partial charge is 0.254 e. The van der Waals surface area contributed by atoms with Crippen LogP contribution in [0.5, 0.6) is 5.75 Å². The third-order valence-electron chi connectivity index (χ3n) is 6.85. The maximum absolute atomic E-state index is 13.0. The molecule has 3 N–H and O–H groups in total. The molecule has 38 heavy (non-hydrogen) atoms. The maximum Gasteiger partial charge on any atom is 0.254 e. The summed E-state index contributed by atoms with van der Waals surface area (Å²) in [6.45, 7) is 1.96. The number of carbonyl (C=O) groups excluding carboxylic acids is 2. The molecule has 4 atom stereocenters. The lowest BCUT2D eigenvalue weighted by Gasteiger charge is -2.29. The molecule has 4 rings (SSSR count). The van der Waals surface area contributed by atoms with Gasteiger partial charge in [-0.05, 0) is 41.3 Å². The summed E-state index contributed by atoms with van der Waals surface area (Å²) in [5, 5.41) is 26.3. The van der Waals surface area contributed by atoms with E-state index in [1.54, 1.807) is 14.2 Å². The highest BCUT2D eigenvalue weighted by Crippen LogP contribution is 2.28. The summed E-state index contributed by atoms with van der Waals surface area (Å²) >= 11 is 1.53. The van der Waals surface area contributed by atoms with Crippen LogP contribution in [0.4, 0.5) is 0 Å². The fourth-order valence-electron chi connectivity index (χ4n) is 4.57. The zero-order valence-corrected chi connectivity index (χ0v) is 22.5. The molecule has 9 heteroatoms. The Bertz CT molecular complexity index is 1330. The average Bonchev–Trinajstić information content (AvgIpc) is 3.41. The number of para-hydroxylation sites is 1. The minimum Gasteiger partial charge on any atom is -0.496 e. The van der Waals surface area contributed by atoms with E-state index in [4.69, 9.17) is 4.74 Å². The fourth-order valence-corrected chi connectivity index (χ4v) is 5.54. The number of benzene rings is 3. The fraction of sp³-hybridized carbons (Fsp3) is 0.345. The molecule has 0 aliphatic carbocycles. The van der Waals surface area contributed by atoms with Gasteiger partial charge in [0, 0.05) is 12.8 Å². The van der Waals surface area contributed by atoms with Crippen molar-refractivity contribution < 1.29 is 24.5 Å². The molecular formula is C29H33N3O5S. The topological polar surface area (TPSA) is 111 Å². The minimum atomic E-state index is -1.90. The Morgan fingerprint density at radius 1 is 1.08 bits per heavy atom. The minimum absolute atomic E-state index is 0.0458. The Labute approximate surface area is 226 Å². The second kappa shape index (κ2) is 12.4. The number of hydrogen-bond acceptors (Lipinski definition) is 7. The lowest BCUT2D eigenvalue weighted by molar-refractivity contribution is -0.153. The van der Waals surface area contributed by atoms with Crippen molar-refractivity contribution in [3.05, 3.63) is 77.9 Å². The van der Waals surface area contributed by atoms with E-state index in [9.17, 15) is 19.8 Å². The van der Waals surface area contributed by atoms with Crippen LogP contribution in [-0.2, 0) is 16.0 Å². The van der Waals surface area contributed by atoms with E-state index in [0.717, 1.165) is 38.4 Å². The van der Waals surface area contributed by atoms with Gasteiger partial charge in [0.05, 0.1) is 30.8 Å². The number of nitrogens with zero attached hydrogens (tertiary/aromatic N) is 2. The molecule has 0 aromatic heterocycles. The number of nitrogens with one attached hydrogen (secondary N) is 1. The summed E-state index contributed by atoms with van der Waals surface area (Å²) in [6, 6.07) is 21.1. The van der Waals surface area contributed by atoms with Crippen molar-refractivity contribution >= 4 is 39.4 Å². The average molecular weight is 536 g/mol. The van der Waals surface area contributed by atoms with Crippen molar-refractivity contribution in [3.8, 4) is 5.75 Å². The van der Waals surface area contributed by atoms with Crippen molar-refractivity contribution in [2.45, 2.75) is 37.6 Å². The molecule has 3 aromatic rings. The summed E-state index contributed by atoms with van der Waals surface area (Å²) in [4.78, 5) is 31.6. The molecule has 0 radical (unpaired) electrons. The first-order valence-corrected chi connectivity index (χ1v) is 13.5. The first-order valence-electron chi connectivity index (χ1n) is 12.5. The molecular weight excluding hydrogens is 502 g/mol. The molecule has 1 aliphatic rings. The number of fused-ring (bicyclic) bond motifs is 1. The number of rotatable bonds is 10. The normalized spacial score (nSPS) is 17.4. The quantitative estimate of drug-likeness (QED) is 0.368. The van der Waals surface area contributed by atoms with Crippen LogP contribution < -0.4 is 10.1 Å². The van der Waals surface area contributed by atoms with Gasteiger partial charge in [0.25, 0.3) is 11.8 Å². The summed E-state index contributed by atoms with van der Waals surface area (Å²) in [5.41, 5.74) is 1.97. The number of hydrogen-bond donors (Lipinski definition) is 3. The maximum atomic E-state index is 13.0. The number of amides is 2. The van der Waals surface area contributed by atoms with Gasteiger partial charge in [-0.15, -0.1) is 11.8 Å². The highest BCUT2D eigenvalue weighted by atomic mass is 32.2. The molecule has 200 valence electrons. The first-order chi connectivity index (χ1) is 18.3. The van der Waals surface area contributed by atoms with Crippen LogP contribution in [0.25, 0.3) is 10.8 Å². The van der Waals surface area contributed by atoms with Crippen LogP contribution in [0.3, 0.4) is 0 Å². The summed E-state index contributed by atoms with van der Waals surface area (Å²) in [5.74, 6) is 0.0195. The number of aliphatic hydroxyl groups is 2. The van der Waals surface area contributed by atoms with Gasteiger partial charge in [-0.2, -0.15) is 0 Å². The van der Waals surface area contributed by atoms with E-state index in [0.29, 0.717) is 6.42 Å². The largest absolute Gasteiger partial charge is 0.496 e. The number of thioether (sulfide) groups is 1. The lowest BCUT2D eigenvalue weighted by atomic mass is 9.98. The molecule has 3 aromatic carbocycles. The number of ether oxygens (including phenoxy) is 1. The van der Waals surface area contributed by atoms with Crippen molar-refractivity contribution in [1.82, 2.24) is 10.2 Å². The molecule has 0 spiro atoms. The molecule has 8 nitrogen and oxygen atoms in total. The Balaban J connectivity index is 1.32. The Hall–Kier alpha value is -3.40. The SMILES string of the molecule is COc1ccccc1CC1CSC(CNC(=O)[C@H](O)[C@@H](O)C(=O)N(C)[C@H](C)c2cccc3ccccc23)=N1. The van der Waals surface area contributed by atoms with Crippen LogP contribution in [-0.4, -0.2) is 76.7 Å². The third kappa shape index (κ3) is 6.18. The van der Waals surface area contributed by atoms with Gasteiger partial charge in [-0.1, -0.05) is 60.7 Å². The first kappa shape index (κ1) is 27.6. The number of aliphatic imine (C=N–C) groups is 1. The van der Waals surface area contributed by atoms with Crippen LogP contribution in [0.1, 0.15) is 24.1 Å². The highest BCUT2D eigenvalue weighted by Gasteiger charge is 2.34. The van der Waals surface area contributed by atoms with Crippen LogP contribution in [0, 0.1) is 0 Å². The molecule has 0 saturated carbocycles. The van der Waals surface area contributed by atoms with Gasteiger partial charge in [0.2, 0.25) is 0 Å². The van der Waals surface area contributed by atoms with Crippen molar-refractivity contribution in [2.24, 2.45) is 4.99 Å². The van der Waals surface area contributed by atoms with E-state index in [1.165, 1.54) is 16.7 Å². The molecule has 0 saturated heterocycles. The summed E-state index contributed by atoms with van der Waals surface area (Å²) in [6.07, 6.45) is -3.08. The summed E-state index contributed by atoms with van der Waals surface area (Å²) in [7, 11) is 3.19. The van der Waals surface area contributed by atoms with E-state index >= 15 is 0 Å². The Morgan fingerprint density at radius 2 is 1.79 bits per heavy atom. The third-order valence-corrected chi connectivity index (χ3v) is 7.99. The Kier molecular flexibility index (Phi) is 9.04. The standard InChI is InChI=1S/C29H33N3O5S/c1-18(22-13-8-11-19-9-4-6-12-23(19)22)32(2)29(36)27(34)26(33)28(35)30-16-25-31-21(17-38-25)15-20-10-5-7-14-24(20)37-3/h4-14,18,21,26-27,33-34H,15-17H2,1-3H3,(H,30,35)/t18-,21?,26-,27-/m1/s1.